The number of hydrogen-bond acceptors (Lipinski definition) is 6. The number of tetrazole rings is 1. The van der Waals surface area contributed by atoms with Gasteiger partial charge < -0.3 is 4.90 Å². The van der Waals surface area contributed by atoms with Gasteiger partial charge in [0.15, 0.2) is 5.82 Å². The van der Waals surface area contributed by atoms with Crippen LogP contribution in [-0.4, -0.2) is 56.2 Å². The molecule has 1 unspecified atom stereocenters. The Bertz CT molecular complexity index is 900. The molecule has 0 radical (unpaired) electrons. The molecule has 1 atom stereocenters. The van der Waals surface area contributed by atoms with E-state index in [4.69, 9.17) is 0 Å². The van der Waals surface area contributed by atoms with Crippen molar-refractivity contribution in [2.45, 2.75) is 38.8 Å². The lowest BCUT2D eigenvalue weighted by Crippen LogP contribution is -2.46. The summed E-state index contributed by atoms with van der Waals surface area (Å²) in [5, 5.41) is 22.0. The van der Waals surface area contributed by atoms with Crippen molar-refractivity contribution in [3.8, 4) is 6.07 Å². The van der Waals surface area contributed by atoms with E-state index < -0.39 is 0 Å². The summed E-state index contributed by atoms with van der Waals surface area (Å²) in [6.07, 6.45) is 3.46. The number of nitrogens with zero attached hydrogens (tertiary/aromatic N) is 7. The first-order valence-corrected chi connectivity index (χ1v) is 9.44. The summed E-state index contributed by atoms with van der Waals surface area (Å²) in [7, 11) is 0. The summed E-state index contributed by atoms with van der Waals surface area (Å²) >= 11 is 0. The second-order valence-electron chi connectivity index (χ2n) is 8.20. The molecule has 7 heteroatoms. The fourth-order valence-electron chi connectivity index (χ4n) is 3.98. The molecule has 1 saturated heterocycles. The number of nitriles is 1. The zero-order valence-corrected chi connectivity index (χ0v) is 16.1. The normalized spacial score (nSPS) is 18.7. The van der Waals surface area contributed by atoms with Crippen molar-refractivity contribution in [3.05, 3.63) is 53.0 Å². The van der Waals surface area contributed by atoms with Gasteiger partial charge in [0.05, 0.1) is 23.2 Å². The van der Waals surface area contributed by atoms with Crippen molar-refractivity contribution >= 4 is 0 Å². The van der Waals surface area contributed by atoms with E-state index >= 15 is 0 Å². The van der Waals surface area contributed by atoms with Crippen LogP contribution >= 0.6 is 0 Å². The Hall–Kier alpha value is -2.72. The summed E-state index contributed by atoms with van der Waals surface area (Å²) in [6.45, 7) is 10.3. The van der Waals surface area contributed by atoms with Gasteiger partial charge in [-0.3, -0.25) is 4.90 Å². The minimum atomic E-state index is -0.224. The Balaban J connectivity index is 1.79. The standard InChI is InChI=1S/C20H25N7/c1-20(2,3)27-19(22-23-24-27)18(16-7-4-6-15(12-16)13-21)26-11-10-25-9-5-8-17(25)14-26/h4,6-8,12,18H,5,9-11,14H2,1-3H3. The van der Waals surface area contributed by atoms with Crippen LogP contribution in [-0.2, 0) is 5.54 Å². The van der Waals surface area contributed by atoms with E-state index in [-0.39, 0.29) is 11.6 Å². The number of rotatable bonds is 3. The van der Waals surface area contributed by atoms with Crippen LogP contribution in [0.1, 0.15) is 50.2 Å². The van der Waals surface area contributed by atoms with Crippen molar-refractivity contribution in [1.82, 2.24) is 30.0 Å². The van der Waals surface area contributed by atoms with Crippen LogP contribution in [0.15, 0.2) is 36.0 Å². The summed E-state index contributed by atoms with van der Waals surface area (Å²) in [6, 6.07) is 9.98. The number of hydrogen-bond donors (Lipinski definition) is 0. The number of aromatic nitrogens is 4. The maximum absolute atomic E-state index is 9.37. The molecule has 0 spiro atoms. The number of benzene rings is 1. The lowest BCUT2D eigenvalue weighted by atomic mass is 9.99. The van der Waals surface area contributed by atoms with E-state index in [1.165, 1.54) is 5.70 Å². The van der Waals surface area contributed by atoms with E-state index in [1.54, 1.807) is 0 Å². The van der Waals surface area contributed by atoms with Crippen LogP contribution in [0.5, 0.6) is 0 Å². The van der Waals surface area contributed by atoms with Gasteiger partial charge in [0.2, 0.25) is 0 Å². The SMILES string of the molecule is CC(C)(C)n1nnnc1C(c1cccc(C#N)c1)N1CCN2CCC=C2C1. The molecule has 0 bridgehead atoms. The van der Waals surface area contributed by atoms with Crippen LogP contribution in [0, 0.1) is 11.3 Å². The summed E-state index contributed by atoms with van der Waals surface area (Å²) in [4.78, 5) is 4.89. The van der Waals surface area contributed by atoms with E-state index in [0.717, 1.165) is 44.0 Å². The fraction of sp³-hybridized carbons (Fsp3) is 0.500. The smallest absolute Gasteiger partial charge is 0.173 e. The summed E-state index contributed by atoms with van der Waals surface area (Å²) < 4.78 is 1.91. The highest BCUT2D eigenvalue weighted by Gasteiger charge is 2.35. The largest absolute Gasteiger partial charge is 0.372 e. The average Bonchev–Trinajstić information content (AvgIpc) is 3.31. The van der Waals surface area contributed by atoms with Gasteiger partial charge in [-0.2, -0.15) is 5.26 Å². The molecule has 140 valence electrons. The third-order valence-electron chi connectivity index (χ3n) is 5.28. The van der Waals surface area contributed by atoms with Crippen molar-refractivity contribution in [1.29, 1.82) is 5.26 Å². The van der Waals surface area contributed by atoms with Crippen LogP contribution in [0.4, 0.5) is 0 Å². The second-order valence-corrected chi connectivity index (χ2v) is 8.20. The predicted molar refractivity (Wildman–Crippen MR) is 102 cm³/mol. The van der Waals surface area contributed by atoms with Gasteiger partial charge in [-0.25, -0.2) is 4.68 Å². The van der Waals surface area contributed by atoms with Crippen molar-refractivity contribution < 1.29 is 0 Å². The summed E-state index contributed by atoms with van der Waals surface area (Å²) in [5.41, 5.74) is 2.88. The van der Waals surface area contributed by atoms with Crippen LogP contribution < -0.4 is 0 Å². The molecule has 0 aliphatic carbocycles. The molecule has 4 rings (SSSR count). The molecular weight excluding hydrogens is 338 g/mol. The van der Waals surface area contributed by atoms with Crippen LogP contribution in [0.2, 0.25) is 0 Å². The lowest BCUT2D eigenvalue weighted by molar-refractivity contribution is 0.147. The second kappa shape index (κ2) is 6.78. The number of fused-ring (bicyclic) bond motifs is 1. The molecule has 2 aliphatic rings. The van der Waals surface area contributed by atoms with E-state index in [1.807, 2.05) is 22.9 Å². The third-order valence-corrected chi connectivity index (χ3v) is 5.28. The molecule has 7 nitrogen and oxygen atoms in total. The number of piperazine rings is 1. The van der Waals surface area contributed by atoms with E-state index in [2.05, 4.69) is 64.3 Å². The first kappa shape index (κ1) is 17.7. The maximum Gasteiger partial charge on any atom is 0.173 e. The highest BCUT2D eigenvalue weighted by atomic mass is 15.6. The van der Waals surface area contributed by atoms with Gasteiger partial charge in [0, 0.05) is 31.9 Å². The van der Waals surface area contributed by atoms with Crippen LogP contribution in [0.3, 0.4) is 0 Å². The molecule has 3 heterocycles. The first-order valence-electron chi connectivity index (χ1n) is 9.44. The molecule has 27 heavy (non-hydrogen) atoms. The first-order chi connectivity index (χ1) is 13.0. The van der Waals surface area contributed by atoms with Crippen molar-refractivity contribution in [3.63, 3.8) is 0 Å². The zero-order valence-electron chi connectivity index (χ0n) is 16.1. The van der Waals surface area contributed by atoms with Gasteiger partial charge >= 0.3 is 0 Å². The predicted octanol–water partition coefficient (Wildman–Crippen LogP) is 2.29. The molecule has 1 aromatic carbocycles. The van der Waals surface area contributed by atoms with Gasteiger partial charge in [-0.15, -0.1) is 5.10 Å². The van der Waals surface area contributed by atoms with Crippen molar-refractivity contribution in [2.24, 2.45) is 0 Å². The quantitative estimate of drug-likeness (QED) is 0.833. The zero-order chi connectivity index (χ0) is 19.0. The Kier molecular flexibility index (Phi) is 4.44. The molecule has 1 aromatic heterocycles. The topological polar surface area (TPSA) is 73.9 Å². The van der Waals surface area contributed by atoms with Gasteiger partial charge in [-0.05, 0) is 55.3 Å². The highest BCUT2D eigenvalue weighted by Crippen LogP contribution is 2.33. The van der Waals surface area contributed by atoms with E-state index in [0.29, 0.717) is 5.56 Å². The maximum atomic E-state index is 9.37. The third kappa shape index (κ3) is 3.33. The Morgan fingerprint density at radius 3 is 2.81 bits per heavy atom. The Morgan fingerprint density at radius 1 is 1.19 bits per heavy atom. The minimum absolute atomic E-state index is 0.0869. The van der Waals surface area contributed by atoms with Crippen molar-refractivity contribution in [2.75, 3.05) is 26.2 Å². The average molecular weight is 363 g/mol. The van der Waals surface area contributed by atoms with Gasteiger partial charge in [0.1, 0.15) is 0 Å². The monoisotopic (exact) mass is 363 g/mol. The highest BCUT2D eigenvalue weighted by molar-refractivity contribution is 5.36. The molecule has 2 aliphatic heterocycles. The molecule has 0 amide bonds. The lowest BCUT2D eigenvalue weighted by Gasteiger charge is -2.40. The molecule has 2 aromatic rings. The van der Waals surface area contributed by atoms with Gasteiger partial charge in [0.25, 0.3) is 0 Å². The minimum Gasteiger partial charge on any atom is -0.372 e. The van der Waals surface area contributed by atoms with Crippen LogP contribution in [0.25, 0.3) is 0 Å². The molecule has 0 saturated carbocycles. The Labute approximate surface area is 159 Å². The van der Waals surface area contributed by atoms with E-state index in [9.17, 15) is 5.26 Å². The Morgan fingerprint density at radius 2 is 2.04 bits per heavy atom. The van der Waals surface area contributed by atoms with Gasteiger partial charge in [-0.1, -0.05) is 18.2 Å². The summed E-state index contributed by atoms with van der Waals surface area (Å²) in [5.74, 6) is 0.824. The molecule has 1 fully saturated rings. The fourth-order valence-corrected chi connectivity index (χ4v) is 3.98. The molecule has 0 N–H and O–H groups in total. The molecular formula is C20H25N7.